The number of aryl methyl sites for hydroxylation is 1. The second kappa shape index (κ2) is 4.47. The minimum Gasteiger partial charge on any atom is -0.459 e. The third-order valence-electron chi connectivity index (χ3n) is 2.96. The van der Waals surface area contributed by atoms with E-state index in [-0.39, 0.29) is 30.8 Å². The van der Waals surface area contributed by atoms with Crippen LogP contribution < -0.4 is 4.74 Å². The van der Waals surface area contributed by atoms with Crippen molar-refractivity contribution >= 4 is 0 Å². The molecule has 1 aliphatic rings. The molecule has 92 valence electrons. The van der Waals surface area contributed by atoms with Crippen LogP contribution in [0.5, 0.6) is 5.75 Å². The zero-order valence-electron chi connectivity index (χ0n) is 10.1. The smallest absolute Gasteiger partial charge is 0.139 e. The Morgan fingerprint density at radius 3 is 2.53 bits per heavy atom. The molecule has 0 radical (unpaired) electrons. The number of allylic oxidation sites excluding steroid dienone is 2. The average molecular weight is 238 g/mol. The highest BCUT2D eigenvalue weighted by Gasteiger charge is 2.32. The monoisotopic (exact) mass is 238 g/mol. The molecule has 0 heterocycles. The molecule has 0 amide bonds. The summed E-state index contributed by atoms with van der Waals surface area (Å²) in [5.74, 6) is 0.351. The number of halogens is 2. The van der Waals surface area contributed by atoms with Crippen molar-refractivity contribution in [2.75, 3.05) is 0 Å². The Balaban J connectivity index is 2.15. The van der Waals surface area contributed by atoms with Crippen molar-refractivity contribution in [3.63, 3.8) is 0 Å². The molecule has 1 aromatic rings. The molecule has 0 N–H and O–H groups in total. The molecule has 0 spiro atoms. The fourth-order valence-electron chi connectivity index (χ4n) is 1.87. The largest absolute Gasteiger partial charge is 0.459 e. The number of rotatable bonds is 2. The van der Waals surface area contributed by atoms with E-state index < -0.39 is 5.67 Å². The van der Waals surface area contributed by atoms with Crippen LogP contribution in [0.25, 0.3) is 0 Å². The van der Waals surface area contributed by atoms with Crippen LogP contribution in [-0.4, -0.2) is 5.67 Å². The molecule has 0 aromatic heterocycles. The van der Waals surface area contributed by atoms with Gasteiger partial charge in [0.25, 0.3) is 0 Å². The minimum atomic E-state index is -1.37. The van der Waals surface area contributed by atoms with Crippen LogP contribution in [-0.2, 0) is 0 Å². The summed E-state index contributed by atoms with van der Waals surface area (Å²) in [6.45, 7) is 3.45. The molecule has 0 bridgehead atoms. The second-order valence-corrected chi connectivity index (χ2v) is 4.83. The lowest BCUT2D eigenvalue weighted by atomic mass is 9.91. The summed E-state index contributed by atoms with van der Waals surface area (Å²) in [7, 11) is 0. The molecule has 0 fully saturated rings. The number of hydrogen-bond acceptors (Lipinski definition) is 1. The molecular formula is C14H16F2O. The van der Waals surface area contributed by atoms with Gasteiger partial charge in [-0.05, 0) is 32.4 Å². The van der Waals surface area contributed by atoms with Crippen molar-refractivity contribution < 1.29 is 13.5 Å². The van der Waals surface area contributed by atoms with Crippen LogP contribution in [0, 0.1) is 6.92 Å². The van der Waals surface area contributed by atoms with Crippen LogP contribution in [0.1, 0.15) is 31.7 Å². The lowest BCUT2D eigenvalue weighted by Gasteiger charge is -2.26. The third kappa shape index (κ3) is 3.05. The lowest BCUT2D eigenvalue weighted by Crippen LogP contribution is -2.24. The van der Waals surface area contributed by atoms with Crippen LogP contribution in [0.3, 0.4) is 0 Å². The first-order chi connectivity index (χ1) is 7.96. The molecule has 0 saturated heterocycles. The lowest BCUT2D eigenvalue weighted by molar-refractivity contribution is 0.134. The van der Waals surface area contributed by atoms with E-state index in [0.29, 0.717) is 5.75 Å². The third-order valence-corrected chi connectivity index (χ3v) is 2.96. The Bertz CT molecular complexity index is 432. The van der Waals surface area contributed by atoms with E-state index in [9.17, 15) is 8.78 Å². The quantitative estimate of drug-likeness (QED) is 0.738. The van der Waals surface area contributed by atoms with Crippen molar-refractivity contribution in [1.29, 1.82) is 0 Å². The summed E-state index contributed by atoms with van der Waals surface area (Å²) < 4.78 is 32.7. The minimum absolute atomic E-state index is 0.00666. The van der Waals surface area contributed by atoms with Crippen molar-refractivity contribution in [1.82, 2.24) is 0 Å². The standard InChI is InChI=1S/C14H16F2O/c1-10-3-5-11(6-4-10)17-13-9-14(2,16)8-7-12(13)15/h3-6H,7-9H2,1-2H3. The molecule has 17 heavy (non-hydrogen) atoms. The van der Waals surface area contributed by atoms with Gasteiger partial charge in [-0.3, -0.25) is 0 Å². The van der Waals surface area contributed by atoms with Gasteiger partial charge >= 0.3 is 0 Å². The first-order valence-electron chi connectivity index (χ1n) is 5.77. The van der Waals surface area contributed by atoms with Gasteiger partial charge in [-0.15, -0.1) is 0 Å². The summed E-state index contributed by atoms with van der Waals surface area (Å²) in [6.07, 6.45) is 0.348. The van der Waals surface area contributed by atoms with Crippen molar-refractivity contribution in [2.45, 2.75) is 38.8 Å². The van der Waals surface area contributed by atoms with Gasteiger partial charge in [0.05, 0.1) is 0 Å². The molecule has 0 aliphatic heterocycles. The van der Waals surface area contributed by atoms with E-state index in [1.807, 2.05) is 19.1 Å². The van der Waals surface area contributed by atoms with Gasteiger partial charge in [0, 0.05) is 12.8 Å². The Morgan fingerprint density at radius 2 is 1.88 bits per heavy atom. The van der Waals surface area contributed by atoms with Gasteiger partial charge in [0.2, 0.25) is 0 Å². The summed E-state index contributed by atoms with van der Waals surface area (Å²) in [4.78, 5) is 0. The molecule has 2 rings (SSSR count). The zero-order chi connectivity index (χ0) is 12.5. The van der Waals surface area contributed by atoms with Gasteiger partial charge < -0.3 is 4.74 Å². The van der Waals surface area contributed by atoms with Gasteiger partial charge in [-0.1, -0.05) is 17.7 Å². The summed E-state index contributed by atoms with van der Waals surface area (Å²) in [5.41, 5.74) is -0.263. The summed E-state index contributed by atoms with van der Waals surface area (Å²) >= 11 is 0. The highest BCUT2D eigenvalue weighted by molar-refractivity contribution is 5.29. The van der Waals surface area contributed by atoms with E-state index in [1.165, 1.54) is 6.92 Å². The van der Waals surface area contributed by atoms with E-state index in [4.69, 9.17) is 4.74 Å². The Kier molecular flexibility index (Phi) is 3.18. The predicted octanol–water partition coefficient (Wildman–Crippen LogP) is 4.47. The second-order valence-electron chi connectivity index (χ2n) is 4.83. The molecule has 1 unspecified atom stereocenters. The molecular weight excluding hydrogens is 222 g/mol. The molecule has 0 saturated carbocycles. The maximum absolute atomic E-state index is 13.8. The van der Waals surface area contributed by atoms with E-state index in [2.05, 4.69) is 0 Å². The first kappa shape index (κ1) is 12.1. The molecule has 3 heteroatoms. The molecule has 1 aromatic carbocycles. The summed E-state index contributed by atoms with van der Waals surface area (Å²) in [5, 5.41) is 0. The highest BCUT2D eigenvalue weighted by Crippen LogP contribution is 2.36. The van der Waals surface area contributed by atoms with Crippen molar-refractivity contribution in [3.8, 4) is 5.75 Å². The molecule has 1 nitrogen and oxygen atoms in total. The van der Waals surface area contributed by atoms with Crippen LogP contribution in [0.15, 0.2) is 35.9 Å². The molecule has 1 atom stereocenters. The fourth-order valence-corrected chi connectivity index (χ4v) is 1.87. The van der Waals surface area contributed by atoms with Gasteiger partial charge in [-0.25, -0.2) is 8.78 Å². The fraction of sp³-hybridized carbons (Fsp3) is 0.429. The van der Waals surface area contributed by atoms with E-state index in [0.717, 1.165) is 5.56 Å². The van der Waals surface area contributed by atoms with E-state index >= 15 is 0 Å². The number of ether oxygens (including phenoxy) is 1. The number of benzene rings is 1. The van der Waals surface area contributed by atoms with E-state index in [1.54, 1.807) is 12.1 Å². The normalized spacial score (nSPS) is 24.9. The van der Waals surface area contributed by atoms with Gasteiger partial charge in [-0.2, -0.15) is 0 Å². The predicted molar refractivity (Wildman–Crippen MR) is 63.3 cm³/mol. The number of alkyl halides is 1. The van der Waals surface area contributed by atoms with Crippen LogP contribution in [0.4, 0.5) is 8.78 Å². The van der Waals surface area contributed by atoms with Gasteiger partial charge in [0.1, 0.15) is 23.0 Å². The SMILES string of the molecule is Cc1ccc(OC2=C(F)CCC(C)(F)C2)cc1. The Hall–Kier alpha value is -1.38. The van der Waals surface area contributed by atoms with Crippen LogP contribution in [0.2, 0.25) is 0 Å². The summed E-state index contributed by atoms with van der Waals surface area (Å²) in [6, 6.07) is 7.29. The first-order valence-corrected chi connectivity index (χ1v) is 5.77. The highest BCUT2D eigenvalue weighted by atomic mass is 19.1. The topological polar surface area (TPSA) is 9.23 Å². The van der Waals surface area contributed by atoms with Crippen molar-refractivity contribution in [3.05, 3.63) is 41.4 Å². The maximum atomic E-state index is 13.8. The maximum Gasteiger partial charge on any atom is 0.139 e. The average Bonchev–Trinajstić information content (AvgIpc) is 2.26. The van der Waals surface area contributed by atoms with Crippen molar-refractivity contribution in [2.24, 2.45) is 0 Å². The Labute approximate surface area is 100 Å². The van der Waals surface area contributed by atoms with Crippen LogP contribution >= 0.6 is 0 Å². The number of hydrogen-bond donors (Lipinski definition) is 0. The molecule has 1 aliphatic carbocycles. The van der Waals surface area contributed by atoms with Gasteiger partial charge in [0.15, 0.2) is 0 Å². The Morgan fingerprint density at radius 1 is 1.24 bits per heavy atom. The zero-order valence-corrected chi connectivity index (χ0v) is 10.1.